The first-order valence-corrected chi connectivity index (χ1v) is 5.98. The van der Waals surface area contributed by atoms with Gasteiger partial charge in [0.15, 0.2) is 0 Å². The maximum Gasteiger partial charge on any atom is 0.101 e. The van der Waals surface area contributed by atoms with Crippen molar-refractivity contribution in [1.29, 1.82) is 0 Å². The van der Waals surface area contributed by atoms with Crippen molar-refractivity contribution in [3.8, 4) is 0 Å². The standard InChI is InChI=1S/C14H16N2O/c1-16-8-7-13(15-16)14(17)12-9-11(12)10-5-3-2-4-6-10/h2-8,11-12,14,17H,9H2,1H3. The van der Waals surface area contributed by atoms with E-state index in [0.717, 1.165) is 12.1 Å². The number of hydrogen-bond donors (Lipinski definition) is 1. The van der Waals surface area contributed by atoms with Crippen molar-refractivity contribution >= 4 is 0 Å². The Balaban J connectivity index is 1.73. The highest BCUT2D eigenvalue weighted by molar-refractivity contribution is 5.27. The monoisotopic (exact) mass is 228 g/mol. The van der Waals surface area contributed by atoms with Crippen LogP contribution in [-0.2, 0) is 7.05 Å². The molecule has 0 spiro atoms. The Morgan fingerprint density at radius 2 is 2.06 bits per heavy atom. The Morgan fingerprint density at radius 1 is 1.29 bits per heavy atom. The fourth-order valence-corrected chi connectivity index (χ4v) is 2.46. The van der Waals surface area contributed by atoms with Gasteiger partial charge >= 0.3 is 0 Å². The predicted molar refractivity (Wildman–Crippen MR) is 65.5 cm³/mol. The molecule has 1 fully saturated rings. The summed E-state index contributed by atoms with van der Waals surface area (Å²) in [6.45, 7) is 0. The summed E-state index contributed by atoms with van der Waals surface area (Å²) in [5, 5.41) is 14.5. The molecule has 1 saturated carbocycles. The number of hydrogen-bond acceptors (Lipinski definition) is 2. The fraction of sp³-hybridized carbons (Fsp3) is 0.357. The second kappa shape index (κ2) is 4.00. The first-order valence-electron chi connectivity index (χ1n) is 5.98. The lowest BCUT2D eigenvalue weighted by atomic mass is 10.1. The Labute approximate surface area is 101 Å². The molecule has 17 heavy (non-hydrogen) atoms. The number of aromatic nitrogens is 2. The molecular weight excluding hydrogens is 212 g/mol. The van der Waals surface area contributed by atoms with Crippen molar-refractivity contribution in [1.82, 2.24) is 9.78 Å². The topological polar surface area (TPSA) is 38.0 Å². The van der Waals surface area contributed by atoms with Crippen LogP contribution in [0.1, 0.15) is 29.7 Å². The van der Waals surface area contributed by atoms with E-state index in [4.69, 9.17) is 0 Å². The SMILES string of the molecule is Cn1ccc(C(O)C2CC2c2ccccc2)n1. The second-order valence-corrected chi connectivity index (χ2v) is 4.78. The number of benzene rings is 1. The van der Waals surface area contributed by atoms with Crippen LogP contribution in [0.3, 0.4) is 0 Å². The minimum atomic E-state index is -0.429. The van der Waals surface area contributed by atoms with E-state index in [-0.39, 0.29) is 0 Å². The van der Waals surface area contributed by atoms with Gasteiger partial charge in [0.2, 0.25) is 0 Å². The van der Waals surface area contributed by atoms with Gasteiger partial charge in [-0.1, -0.05) is 30.3 Å². The molecule has 1 aromatic heterocycles. The van der Waals surface area contributed by atoms with Crippen LogP contribution in [0.2, 0.25) is 0 Å². The number of rotatable bonds is 3. The van der Waals surface area contributed by atoms with Gasteiger partial charge in [-0.05, 0) is 29.9 Å². The molecular formula is C14H16N2O. The maximum atomic E-state index is 10.2. The van der Waals surface area contributed by atoms with Gasteiger partial charge in [0, 0.05) is 13.2 Å². The van der Waals surface area contributed by atoms with Crippen LogP contribution in [0.25, 0.3) is 0 Å². The normalized spacial score (nSPS) is 24.6. The van der Waals surface area contributed by atoms with Crippen molar-refractivity contribution in [2.45, 2.75) is 18.4 Å². The third kappa shape index (κ3) is 1.98. The smallest absolute Gasteiger partial charge is 0.101 e. The molecule has 1 N–H and O–H groups in total. The number of aryl methyl sites for hydroxylation is 1. The summed E-state index contributed by atoms with van der Waals surface area (Å²) in [4.78, 5) is 0. The number of aliphatic hydroxyl groups excluding tert-OH is 1. The molecule has 0 amide bonds. The van der Waals surface area contributed by atoms with Gasteiger partial charge in [0.25, 0.3) is 0 Å². The number of aliphatic hydroxyl groups is 1. The quantitative estimate of drug-likeness (QED) is 0.875. The molecule has 3 atom stereocenters. The maximum absolute atomic E-state index is 10.2. The molecule has 0 saturated heterocycles. The molecule has 2 aromatic rings. The molecule has 1 heterocycles. The molecule has 0 bridgehead atoms. The third-order valence-electron chi connectivity index (χ3n) is 3.51. The largest absolute Gasteiger partial charge is 0.386 e. The van der Waals surface area contributed by atoms with Crippen LogP contribution in [0.4, 0.5) is 0 Å². The van der Waals surface area contributed by atoms with Gasteiger partial charge in [-0.25, -0.2) is 0 Å². The van der Waals surface area contributed by atoms with E-state index in [1.807, 2.05) is 25.4 Å². The van der Waals surface area contributed by atoms with Gasteiger partial charge < -0.3 is 5.11 Å². The first-order chi connectivity index (χ1) is 8.25. The minimum Gasteiger partial charge on any atom is -0.386 e. The van der Waals surface area contributed by atoms with Crippen molar-refractivity contribution in [2.75, 3.05) is 0 Å². The Bertz CT molecular complexity index is 506. The van der Waals surface area contributed by atoms with Crippen molar-refractivity contribution in [3.63, 3.8) is 0 Å². The van der Waals surface area contributed by atoms with Crippen LogP contribution < -0.4 is 0 Å². The summed E-state index contributed by atoms with van der Waals surface area (Å²) in [5.74, 6) is 0.820. The highest BCUT2D eigenvalue weighted by Crippen LogP contribution is 2.53. The highest BCUT2D eigenvalue weighted by atomic mass is 16.3. The van der Waals surface area contributed by atoms with Crippen LogP contribution in [-0.4, -0.2) is 14.9 Å². The van der Waals surface area contributed by atoms with E-state index in [2.05, 4.69) is 29.4 Å². The zero-order valence-corrected chi connectivity index (χ0v) is 9.82. The van der Waals surface area contributed by atoms with E-state index in [1.165, 1.54) is 5.56 Å². The fourth-order valence-electron chi connectivity index (χ4n) is 2.46. The average molecular weight is 228 g/mol. The van der Waals surface area contributed by atoms with Gasteiger partial charge in [0.05, 0.1) is 5.69 Å². The van der Waals surface area contributed by atoms with Crippen LogP contribution in [0.15, 0.2) is 42.6 Å². The molecule has 1 aliphatic rings. The lowest BCUT2D eigenvalue weighted by molar-refractivity contribution is 0.146. The summed E-state index contributed by atoms with van der Waals surface area (Å²) in [7, 11) is 1.87. The minimum absolute atomic E-state index is 0.326. The molecule has 1 aliphatic carbocycles. The zero-order valence-electron chi connectivity index (χ0n) is 9.82. The third-order valence-corrected chi connectivity index (χ3v) is 3.51. The van der Waals surface area contributed by atoms with Gasteiger partial charge in [-0.3, -0.25) is 4.68 Å². The van der Waals surface area contributed by atoms with Gasteiger partial charge in [-0.15, -0.1) is 0 Å². The van der Waals surface area contributed by atoms with E-state index < -0.39 is 6.10 Å². The lowest BCUT2D eigenvalue weighted by Crippen LogP contribution is -2.03. The van der Waals surface area contributed by atoms with Crippen molar-refractivity contribution in [3.05, 3.63) is 53.9 Å². The summed E-state index contributed by atoms with van der Waals surface area (Å²) in [5.41, 5.74) is 2.11. The molecule has 3 unspecified atom stereocenters. The molecule has 0 radical (unpaired) electrons. The molecule has 3 rings (SSSR count). The van der Waals surface area contributed by atoms with E-state index >= 15 is 0 Å². The average Bonchev–Trinajstić information content (AvgIpc) is 3.05. The van der Waals surface area contributed by atoms with E-state index in [0.29, 0.717) is 11.8 Å². The Morgan fingerprint density at radius 3 is 2.71 bits per heavy atom. The van der Waals surface area contributed by atoms with Gasteiger partial charge in [0.1, 0.15) is 6.10 Å². The Hall–Kier alpha value is -1.61. The van der Waals surface area contributed by atoms with Gasteiger partial charge in [-0.2, -0.15) is 5.10 Å². The second-order valence-electron chi connectivity index (χ2n) is 4.78. The van der Waals surface area contributed by atoms with Crippen molar-refractivity contribution < 1.29 is 5.11 Å². The predicted octanol–water partition coefficient (Wildman–Crippen LogP) is 2.26. The number of nitrogens with zero attached hydrogens (tertiary/aromatic N) is 2. The zero-order chi connectivity index (χ0) is 11.8. The summed E-state index contributed by atoms with van der Waals surface area (Å²) >= 11 is 0. The van der Waals surface area contributed by atoms with Crippen molar-refractivity contribution in [2.24, 2.45) is 13.0 Å². The summed E-state index contributed by atoms with van der Waals surface area (Å²) in [6.07, 6.45) is 2.50. The summed E-state index contributed by atoms with van der Waals surface area (Å²) in [6, 6.07) is 12.3. The molecule has 0 aliphatic heterocycles. The van der Waals surface area contributed by atoms with Crippen LogP contribution in [0.5, 0.6) is 0 Å². The molecule has 3 heteroatoms. The summed E-state index contributed by atoms with van der Waals surface area (Å²) < 4.78 is 1.73. The van der Waals surface area contributed by atoms with Crippen LogP contribution >= 0.6 is 0 Å². The molecule has 3 nitrogen and oxygen atoms in total. The van der Waals surface area contributed by atoms with Crippen LogP contribution in [0, 0.1) is 5.92 Å². The Kier molecular flexibility index (Phi) is 2.48. The lowest BCUT2D eigenvalue weighted by Gasteiger charge is -2.07. The van der Waals surface area contributed by atoms with E-state index in [1.54, 1.807) is 4.68 Å². The van der Waals surface area contributed by atoms with E-state index in [9.17, 15) is 5.11 Å². The highest BCUT2D eigenvalue weighted by Gasteiger charge is 2.44. The molecule has 1 aromatic carbocycles. The molecule has 88 valence electrons. The first kappa shape index (κ1) is 10.5.